The maximum atomic E-state index is 13.3. The number of nitrogens with zero attached hydrogens (tertiary/aromatic N) is 4. The number of piperazine rings is 1. The van der Waals surface area contributed by atoms with Crippen molar-refractivity contribution in [3.8, 4) is 0 Å². The van der Waals surface area contributed by atoms with Crippen LogP contribution in [0.2, 0.25) is 0 Å². The van der Waals surface area contributed by atoms with E-state index in [0.29, 0.717) is 26.1 Å². The molecule has 0 atom stereocenters. The Kier molecular flexibility index (Phi) is 7.27. The number of carbonyl (C=O) groups excluding carboxylic acids is 1. The standard InChI is InChI=1S/C27H38N4O3S/c1-21(32)29-14-16-30(17-15-29)26-11-8-24-20-31(13-12-23(24)18-26)35(33,34)28(5)19-22-6-9-25(10-7-22)27(2,3)4/h6-11,18H,12-17,19-20H2,1-5H3. The molecule has 2 aliphatic heterocycles. The Morgan fingerprint density at radius 1 is 0.943 bits per heavy atom. The molecule has 1 saturated heterocycles. The van der Waals surface area contributed by atoms with Gasteiger partial charge in [0.2, 0.25) is 5.91 Å². The van der Waals surface area contributed by atoms with Gasteiger partial charge in [0.25, 0.3) is 10.2 Å². The Hall–Kier alpha value is -2.42. The number of hydrogen-bond donors (Lipinski definition) is 0. The zero-order chi connectivity index (χ0) is 25.4. The number of rotatable bonds is 5. The minimum absolute atomic E-state index is 0.0699. The molecule has 0 radical (unpaired) electrons. The second-order valence-electron chi connectivity index (χ2n) is 10.7. The van der Waals surface area contributed by atoms with Gasteiger partial charge in [0.05, 0.1) is 0 Å². The van der Waals surface area contributed by atoms with Crippen LogP contribution in [0.5, 0.6) is 0 Å². The molecule has 1 fully saturated rings. The van der Waals surface area contributed by atoms with Crippen LogP contribution >= 0.6 is 0 Å². The summed E-state index contributed by atoms with van der Waals surface area (Å²) < 4.78 is 29.7. The summed E-state index contributed by atoms with van der Waals surface area (Å²) in [5.41, 5.74) is 5.72. The molecule has 0 unspecified atom stereocenters. The normalized spacial score (nSPS) is 17.5. The first-order chi connectivity index (χ1) is 16.4. The second-order valence-corrected chi connectivity index (χ2v) is 12.8. The zero-order valence-corrected chi connectivity index (χ0v) is 22.4. The molecule has 1 amide bonds. The van der Waals surface area contributed by atoms with Gasteiger partial charge in [-0.2, -0.15) is 17.0 Å². The highest BCUT2D eigenvalue weighted by Crippen LogP contribution is 2.28. The van der Waals surface area contributed by atoms with E-state index in [1.54, 1.807) is 18.3 Å². The summed E-state index contributed by atoms with van der Waals surface area (Å²) >= 11 is 0. The summed E-state index contributed by atoms with van der Waals surface area (Å²) in [6.07, 6.45) is 0.698. The zero-order valence-electron chi connectivity index (χ0n) is 21.6. The van der Waals surface area contributed by atoms with Crippen LogP contribution in [0.15, 0.2) is 42.5 Å². The maximum Gasteiger partial charge on any atom is 0.282 e. The minimum atomic E-state index is -3.57. The van der Waals surface area contributed by atoms with Gasteiger partial charge in [-0.05, 0) is 46.2 Å². The molecule has 7 nitrogen and oxygen atoms in total. The van der Waals surface area contributed by atoms with Crippen LogP contribution in [0.25, 0.3) is 0 Å². The van der Waals surface area contributed by atoms with Gasteiger partial charge < -0.3 is 9.80 Å². The molecule has 0 aliphatic carbocycles. The van der Waals surface area contributed by atoms with Crippen LogP contribution in [0, 0.1) is 0 Å². The number of amides is 1. The molecule has 35 heavy (non-hydrogen) atoms. The molecule has 0 N–H and O–H groups in total. The average Bonchev–Trinajstić information content (AvgIpc) is 2.83. The summed E-state index contributed by atoms with van der Waals surface area (Å²) in [5, 5.41) is 0. The minimum Gasteiger partial charge on any atom is -0.368 e. The predicted molar refractivity (Wildman–Crippen MR) is 141 cm³/mol. The molecule has 2 aliphatic rings. The smallest absolute Gasteiger partial charge is 0.282 e. The molecule has 2 heterocycles. The summed E-state index contributed by atoms with van der Waals surface area (Å²) in [5.74, 6) is 0.128. The Morgan fingerprint density at radius 2 is 1.60 bits per heavy atom. The van der Waals surface area contributed by atoms with E-state index in [-0.39, 0.29) is 11.3 Å². The number of anilines is 1. The van der Waals surface area contributed by atoms with Gasteiger partial charge in [-0.3, -0.25) is 4.79 Å². The van der Waals surface area contributed by atoms with Crippen molar-refractivity contribution in [2.75, 3.05) is 44.7 Å². The monoisotopic (exact) mass is 498 g/mol. The number of benzene rings is 2. The lowest BCUT2D eigenvalue weighted by Gasteiger charge is -2.36. The first-order valence-corrected chi connectivity index (χ1v) is 13.8. The molecule has 0 spiro atoms. The predicted octanol–water partition coefficient (Wildman–Crippen LogP) is 3.39. The van der Waals surface area contributed by atoms with Crippen molar-refractivity contribution in [3.05, 3.63) is 64.7 Å². The van der Waals surface area contributed by atoms with Gasteiger partial charge in [0, 0.05) is 65.5 Å². The first kappa shape index (κ1) is 25.7. The van der Waals surface area contributed by atoms with Crippen molar-refractivity contribution < 1.29 is 13.2 Å². The highest BCUT2D eigenvalue weighted by Gasteiger charge is 2.31. The van der Waals surface area contributed by atoms with E-state index in [2.05, 4.69) is 56.0 Å². The number of hydrogen-bond acceptors (Lipinski definition) is 4. The lowest BCUT2D eigenvalue weighted by Crippen LogP contribution is -2.48. The largest absolute Gasteiger partial charge is 0.368 e. The first-order valence-electron chi connectivity index (χ1n) is 12.4. The van der Waals surface area contributed by atoms with Crippen molar-refractivity contribution in [2.24, 2.45) is 0 Å². The van der Waals surface area contributed by atoms with Crippen molar-refractivity contribution in [2.45, 2.75) is 52.6 Å². The third-order valence-electron chi connectivity index (χ3n) is 7.20. The van der Waals surface area contributed by atoms with E-state index >= 15 is 0 Å². The molecule has 190 valence electrons. The fourth-order valence-corrected chi connectivity index (χ4v) is 6.16. The Labute approximate surface area is 210 Å². The third kappa shape index (κ3) is 5.71. The summed E-state index contributed by atoms with van der Waals surface area (Å²) in [6, 6.07) is 14.6. The quantitative estimate of drug-likeness (QED) is 0.634. The van der Waals surface area contributed by atoms with Crippen molar-refractivity contribution in [3.63, 3.8) is 0 Å². The van der Waals surface area contributed by atoms with Crippen molar-refractivity contribution >= 4 is 21.8 Å². The van der Waals surface area contributed by atoms with E-state index in [1.807, 2.05) is 17.0 Å². The van der Waals surface area contributed by atoms with Gasteiger partial charge in [0.15, 0.2) is 0 Å². The van der Waals surface area contributed by atoms with Crippen molar-refractivity contribution in [1.82, 2.24) is 13.5 Å². The number of carbonyl (C=O) groups is 1. The van der Waals surface area contributed by atoms with E-state index in [4.69, 9.17) is 0 Å². The van der Waals surface area contributed by atoms with Crippen LogP contribution in [-0.2, 0) is 39.9 Å². The van der Waals surface area contributed by atoms with E-state index < -0.39 is 10.2 Å². The van der Waals surface area contributed by atoms with E-state index in [0.717, 1.165) is 43.0 Å². The third-order valence-corrected chi connectivity index (χ3v) is 9.08. The van der Waals surface area contributed by atoms with Gasteiger partial charge in [-0.15, -0.1) is 0 Å². The molecule has 0 saturated carbocycles. The topological polar surface area (TPSA) is 64.2 Å². The molecule has 0 aromatic heterocycles. The van der Waals surface area contributed by atoms with Crippen LogP contribution in [0.1, 0.15) is 49.9 Å². The van der Waals surface area contributed by atoms with Crippen LogP contribution in [0.4, 0.5) is 5.69 Å². The number of fused-ring (bicyclic) bond motifs is 1. The lowest BCUT2D eigenvalue weighted by molar-refractivity contribution is -0.129. The summed E-state index contributed by atoms with van der Waals surface area (Å²) in [4.78, 5) is 15.8. The lowest BCUT2D eigenvalue weighted by atomic mass is 9.87. The van der Waals surface area contributed by atoms with Crippen LogP contribution in [-0.4, -0.2) is 67.6 Å². The molecule has 2 aromatic carbocycles. The molecule has 2 aromatic rings. The van der Waals surface area contributed by atoms with Gasteiger partial charge in [0.1, 0.15) is 0 Å². The van der Waals surface area contributed by atoms with Crippen LogP contribution < -0.4 is 4.90 Å². The van der Waals surface area contributed by atoms with E-state index in [1.165, 1.54) is 15.4 Å². The molecular formula is C27H38N4O3S. The van der Waals surface area contributed by atoms with Gasteiger partial charge in [-0.25, -0.2) is 0 Å². The van der Waals surface area contributed by atoms with Gasteiger partial charge >= 0.3 is 0 Å². The Balaban J connectivity index is 1.40. The average molecular weight is 499 g/mol. The molecule has 8 heteroatoms. The fraction of sp³-hybridized carbons (Fsp3) is 0.519. The van der Waals surface area contributed by atoms with Gasteiger partial charge in [-0.1, -0.05) is 51.1 Å². The van der Waals surface area contributed by atoms with Crippen molar-refractivity contribution in [1.29, 1.82) is 0 Å². The molecular weight excluding hydrogens is 460 g/mol. The van der Waals surface area contributed by atoms with E-state index in [9.17, 15) is 13.2 Å². The SMILES string of the molecule is CC(=O)N1CCN(c2ccc3c(c2)CCN(S(=O)(=O)N(C)Cc2ccc(C(C)(C)C)cc2)C3)CC1. The summed E-state index contributed by atoms with van der Waals surface area (Å²) in [7, 11) is -1.91. The molecule has 4 rings (SSSR count). The van der Waals surface area contributed by atoms with Crippen LogP contribution in [0.3, 0.4) is 0 Å². The molecule has 0 bridgehead atoms. The fourth-order valence-electron chi connectivity index (χ4n) is 4.83. The highest BCUT2D eigenvalue weighted by atomic mass is 32.2. The Morgan fingerprint density at radius 3 is 2.20 bits per heavy atom. The second kappa shape index (κ2) is 9.91. The summed E-state index contributed by atoms with van der Waals surface area (Å²) in [6.45, 7) is 12.5. The highest BCUT2D eigenvalue weighted by molar-refractivity contribution is 7.86. The maximum absolute atomic E-state index is 13.3. The Bertz CT molecular complexity index is 1160.